The van der Waals surface area contributed by atoms with Gasteiger partial charge in [-0.25, -0.2) is 13.9 Å². The number of nitrogens with two attached hydrogens (primary N) is 1. The number of anilines is 1. The average Bonchev–Trinajstić information content (AvgIpc) is 3.30. The van der Waals surface area contributed by atoms with E-state index in [0.29, 0.717) is 11.2 Å². The third kappa shape index (κ3) is 3.48. The fourth-order valence-corrected chi connectivity index (χ4v) is 3.85. The molecule has 1 aliphatic rings. The van der Waals surface area contributed by atoms with Gasteiger partial charge < -0.3 is 20.3 Å². The van der Waals surface area contributed by atoms with Gasteiger partial charge >= 0.3 is 5.97 Å². The largest absolute Gasteiger partial charge is 0.463 e. The Bertz CT molecular complexity index is 1180. The van der Waals surface area contributed by atoms with E-state index in [1.807, 2.05) is 0 Å². The van der Waals surface area contributed by atoms with Crippen LogP contribution in [0.4, 0.5) is 10.2 Å². The molecule has 2 aromatic heterocycles. The Morgan fingerprint density at radius 1 is 1.42 bits per heavy atom. The first-order valence-corrected chi connectivity index (χ1v) is 9.62. The molecule has 160 valence electrons. The first-order valence-electron chi connectivity index (χ1n) is 9.62. The van der Waals surface area contributed by atoms with Crippen LogP contribution in [0.3, 0.4) is 0 Å². The summed E-state index contributed by atoms with van der Waals surface area (Å²) in [7, 11) is 0. The summed E-state index contributed by atoms with van der Waals surface area (Å²) in [6.45, 7) is 1.38. The van der Waals surface area contributed by atoms with Gasteiger partial charge in [-0.2, -0.15) is 10.4 Å². The molecule has 3 heterocycles. The molecule has 0 amide bonds. The minimum absolute atomic E-state index is 0.206. The van der Waals surface area contributed by atoms with E-state index in [4.69, 9.17) is 15.2 Å². The van der Waals surface area contributed by atoms with Gasteiger partial charge in [0.1, 0.15) is 36.4 Å². The molecule has 0 saturated carbocycles. The van der Waals surface area contributed by atoms with Crippen molar-refractivity contribution in [1.82, 2.24) is 14.6 Å². The molecule has 1 aliphatic heterocycles. The lowest BCUT2D eigenvalue weighted by Gasteiger charge is -2.25. The highest BCUT2D eigenvalue weighted by Crippen LogP contribution is 2.44. The van der Waals surface area contributed by atoms with E-state index in [2.05, 4.69) is 16.2 Å². The lowest BCUT2D eigenvalue weighted by Crippen LogP contribution is -2.34. The van der Waals surface area contributed by atoms with Crippen molar-refractivity contribution < 1.29 is 23.8 Å². The average molecular weight is 425 g/mol. The fraction of sp³-hybridized carbons (Fsp3) is 0.333. The van der Waals surface area contributed by atoms with Crippen molar-refractivity contribution in [2.45, 2.75) is 31.2 Å². The molecule has 1 saturated heterocycles. The van der Waals surface area contributed by atoms with Crippen molar-refractivity contribution in [3.8, 4) is 6.07 Å². The van der Waals surface area contributed by atoms with Gasteiger partial charge in [0, 0.05) is 5.92 Å². The Labute approximate surface area is 176 Å². The molecule has 1 aromatic carbocycles. The predicted octanol–water partition coefficient (Wildman–Crippen LogP) is 1.35. The van der Waals surface area contributed by atoms with Crippen LogP contribution in [0.25, 0.3) is 5.52 Å². The lowest BCUT2D eigenvalue weighted by atomic mass is 9.85. The summed E-state index contributed by atoms with van der Waals surface area (Å²) in [5, 5.41) is 24.8. The van der Waals surface area contributed by atoms with E-state index in [0.717, 1.165) is 0 Å². The van der Waals surface area contributed by atoms with Crippen molar-refractivity contribution in [3.05, 3.63) is 59.8 Å². The number of aliphatic hydroxyl groups excluding tert-OH is 1. The van der Waals surface area contributed by atoms with Gasteiger partial charge in [-0.05, 0) is 23.8 Å². The number of carbonyl (C=O) groups is 1. The molecule has 9 nitrogen and oxygen atoms in total. The van der Waals surface area contributed by atoms with E-state index in [1.165, 1.54) is 29.0 Å². The number of nitrogens with zero attached hydrogens (tertiary/aromatic N) is 4. The Morgan fingerprint density at radius 2 is 2.19 bits per heavy atom. The number of aliphatic hydroxyl groups is 1. The molecule has 0 radical (unpaired) electrons. The third-order valence-corrected chi connectivity index (χ3v) is 5.60. The number of halogens is 1. The molecule has 3 N–H and O–H groups in total. The van der Waals surface area contributed by atoms with E-state index in [1.54, 1.807) is 25.1 Å². The molecule has 0 bridgehead atoms. The fourth-order valence-electron chi connectivity index (χ4n) is 3.85. The normalized spacial score (nSPS) is 25.4. The van der Waals surface area contributed by atoms with Crippen molar-refractivity contribution in [1.29, 1.82) is 5.26 Å². The van der Waals surface area contributed by atoms with Crippen molar-refractivity contribution in [3.63, 3.8) is 0 Å². The van der Waals surface area contributed by atoms with Crippen LogP contribution in [-0.4, -0.2) is 44.5 Å². The highest BCUT2D eigenvalue weighted by atomic mass is 19.1. The third-order valence-electron chi connectivity index (χ3n) is 5.60. The summed E-state index contributed by atoms with van der Waals surface area (Å²) in [5.41, 5.74) is 5.40. The van der Waals surface area contributed by atoms with E-state index >= 15 is 0 Å². The smallest absolute Gasteiger partial charge is 0.310 e. The molecular weight excluding hydrogens is 405 g/mol. The first-order chi connectivity index (χ1) is 14.9. The summed E-state index contributed by atoms with van der Waals surface area (Å²) in [4.78, 5) is 16.1. The number of hydrogen-bond acceptors (Lipinski definition) is 8. The number of ether oxygens (including phenoxy) is 2. The number of nitrogen functional groups attached to an aromatic ring is 1. The number of hydrogen-bond donors (Lipinski definition) is 2. The van der Waals surface area contributed by atoms with E-state index < -0.39 is 35.5 Å². The van der Waals surface area contributed by atoms with Gasteiger partial charge in [0.05, 0.1) is 18.2 Å². The monoisotopic (exact) mass is 425 g/mol. The molecule has 10 heteroatoms. The SMILES string of the molecule is C[C@@H]1[C@H](O)[C@@H](COC(=O)Cc2ccccc2F)O[C@@]1(C#N)c1ccc2c(N)ncnn12. The van der Waals surface area contributed by atoms with Crippen molar-refractivity contribution in [2.75, 3.05) is 12.3 Å². The summed E-state index contributed by atoms with van der Waals surface area (Å²) >= 11 is 0. The molecule has 0 spiro atoms. The second-order valence-electron chi connectivity index (χ2n) is 7.40. The maximum Gasteiger partial charge on any atom is 0.310 e. The standard InChI is InChI=1S/C21H20FN5O4/c1-12-19(29)16(9-30-18(28)8-13-4-2-3-5-14(13)22)31-21(12,10-23)17-7-6-15-20(24)25-11-26-27(15)17/h2-7,11-12,16,19,29H,8-9H2,1H3,(H2,24,25,26)/t12-,16-,19+,21-/m1/s1. The Kier molecular flexibility index (Phi) is 5.31. The van der Waals surface area contributed by atoms with Crippen molar-refractivity contribution >= 4 is 17.3 Å². The van der Waals surface area contributed by atoms with Gasteiger partial charge in [0.15, 0.2) is 5.82 Å². The first kappa shape index (κ1) is 20.7. The van der Waals surface area contributed by atoms with Gasteiger partial charge in [0.25, 0.3) is 0 Å². The maximum atomic E-state index is 13.7. The molecule has 1 fully saturated rings. The lowest BCUT2D eigenvalue weighted by molar-refractivity contribution is -0.149. The minimum Gasteiger partial charge on any atom is -0.463 e. The predicted molar refractivity (Wildman–Crippen MR) is 106 cm³/mol. The highest BCUT2D eigenvalue weighted by Gasteiger charge is 2.55. The van der Waals surface area contributed by atoms with E-state index in [-0.39, 0.29) is 24.4 Å². The van der Waals surface area contributed by atoms with Gasteiger partial charge in [0.2, 0.25) is 5.60 Å². The van der Waals surface area contributed by atoms with Crippen LogP contribution in [0.2, 0.25) is 0 Å². The molecule has 0 unspecified atom stereocenters. The Balaban J connectivity index is 1.53. The van der Waals surface area contributed by atoms with Crippen LogP contribution in [-0.2, 0) is 26.3 Å². The van der Waals surface area contributed by atoms with Crippen LogP contribution < -0.4 is 5.73 Å². The van der Waals surface area contributed by atoms with Crippen molar-refractivity contribution in [2.24, 2.45) is 5.92 Å². The summed E-state index contributed by atoms with van der Waals surface area (Å²) in [6.07, 6.45) is -1.04. The summed E-state index contributed by atoms with van der Waals surface area (Å²) in [6, 6.07) is 11.3. The van der Waals surface area contributed by atoms with Crippen LogP contribution in [0, 0.1) is 23.1 Å². The van der Waals surface area contributed by atoms with Crippen LogP contribution in [0.15, 0.2) is 42.7 Å². The maximum absolute atomic E-state index is 13.7. The number of benzene rings is 1. The zero-order valence-corrected chi connectivity index (χ0v) is 16.6. The molecule has 31 heavy (non-hydrogen) atoms. The van der Waals surface area contributed by atoms with Gasteiger partial charge in [-0.1, -0.05) is 25.1 Å². The molecule has 4 rings (SSSR count). The molecule has 0 aliphatic carbocycles. The molecule has 4 atom stereocenters. The summed E-state index contributed by atoms with van der Waals surface area (Å²) in [5.74, 6) is -1.60. The molecule has 3 aromatic rings. The number of aromatic nitrogens is 3. The topological polar surface area (TPSA) is 136 Å². The highest BCUT2D eigenvalue weighted by molar-refractivity contribution is 5.72. The minimum atomic E-state index is -1.55. The molecular formula is C21H20FN5O4. The number of esters is 1. The summed E-state index contributed by atoms with van der Waals surface area (Å²) < 4.78 is 26.3. The van der Waals surface area contributed by atoms with E-state index in [9.17, 15) is 19.6 Å². The zero-order valence-electron chi connectivity index (χ0n) is 16.6. The second kappa shape index (κ2) is 7.94. The van der Waals surface area contributed by atoms with Crippen LogP contribution >= 0.6 is 0 Å². The Morgan fingerprint density at radius 3 is 2.94 bits per heavy atom. The second-order valence-corrected chi connectivity index (χ2v) is 7.40. The Hall–Kier alpha value is -3.55. The number of fused-ring (bicyclic) bond motifs is 1. The zero-order chi connectivity index (χ0) is 22.2. The van der Waals surface area contributed by atoms with Crippen LogP contribution in [0.1, 0.15) is 18.2 Å². The van der Waals surface area contributed by atoms with Crippen LogP contribution in [0.5, 0.6) is 0 Å². The number of rotatable bonds is 5. The number of carbonyl (C=O) groups excluding carboxylic acids is 1. The number of nitriles is 1. The van der Waals surface area contributed by atoms with Gasteiger partial charge in [-0.15, -0.1) is 0 Å². The quantitative estimate of drug-likeness (QED) is 0.585. The van der Waals surface area contributed by atoms with Gasteiger partial charge in [-0.3, -0.25) is 4.79 Å².